The van der Waals surface area contributed by atoms with Crippen LogP contribution in [0, 0.1) is 0 Å². The second-order valence-electron chi connectivity index (χ2n) is 2.11. The summed E-state index contributed by atoms with van der Waals surface area (Å²) in [6.45, 7) is 0.130. The van der Waals surface area contributed by atoms with Crippen LogP contribution in [0.1, 0.15) is 0 Å². The second-order valence-corrected chi connectivity index (χ2v) is 4.97. The Balaban J connectivity index is 2.57. The molecule has 11 heavy (non-hydrogen) atoms. The van der Waals surface area contributed by atoms with Crippen molar-refractivity contribution in [2.75, 3.05) is 6.54 Å². The molecule has 1 rings (SSSR count). The van der Waals surface area contributed by atoms with Crippen molar-refractivity contribution >= 4 is 33.6 Å². The van der Waals surface area contributed by atoms with E-state index in [-0.39, 0.29) is 6.54 Å². The minimum atomic E-state index is -0.706. The summed E-state index contributed by atoms with van der Waals surface area (Å²) in [6, 6.07) is 0. The van der Waals surface area contributed by atoms with Crippen LogP contribution in [-0.4, -0.2) is 21.3 Å². The van der Waals surface area contributed by atoms with Crippen molar-refractivity contribution in [2.24, 2.45) is 11.5 Å². The zero-order chi connectivity index (χ0) is 8.48. The molecular formula is C5H8BrN3OS. The number of carbonyl (C=O) groups is 1. The standard InChI is InChI=1S/C5H8BrN3OS/c6-5(8)9(1-2-11-5)3-4(7)10/h1-2H,3,8H2,(H2,7,10). The van der Waals surface area contributed by atoms with E-state index in [9.17, 15) is 4.79 Å². The molecule has 1 aliphatic rings. The van der Waals surface area contributed by atoms with E-state index < -0.39 is 9.81 Å². The summed E-state index contributed by atoms with van der Waals surface area (Å²) >= 11 is 4.62. The zero-order valence-electron chi connectivity index (χ0n) is 5.66. The number of amides is 1. The van der Waals surface area contributed by atoms with Gasteiger partial charge in [-0.25, -0.2) is 0 Å². The maximum atomic E-state index is 10.5. The van der Waals surface area contributed by atoms with Gasteiger partial charge >= 0.3 is 0 Å². The van der Waals surface area contributed by atoms with Crippen LogP contribution in [0.3, 0.4) is 0 Å². The van der Waals surface area contributed by atoms with Crippen LogP contribution in [-0.2, 0) is 4.79 Å². The van der Waals surface area contributed by atoms with Gasteiger partial charge in [0.2, 0.25) is 5.91 Å². The van der Waals surface area contributed by atoms with Gasteiger partial charge in [-0.05, 0) is 21.3 Å². The molecule has 1 unspecified atom stereocenters. The lowest BCUT2D eigenvalue weighted by Gasteiger charge is -2.27. The molecule has 0 bridgehead atoms. The molecule has 0 fully saturated rings. The molecule has 0 aromatic carbocycles. The first-order valence-electron chi connectivity index (χ1n) is 2.90. The average Bonchev–Trinajstić information content (AvgIpc) is 2.10. The van der Waals surface area contributed by atoms with Crippen molar-refractivity contribution in [3.8, 4) is 0 Å². The van der Waals surface area contributed by atoms with Crippen molar-refractivity contribution in [1.29, 1.82) is 0 Å². The topological polar surface area (TPSA) is 72.4 Å². The first-order chi connectivity index (χ1) is 5.02. The van der Waals surface area contributed by atoms with Gasteiger partial charge in [-0.1, -0.05) is 11.8 Å². The first kappa shape index (κ1) is 8.89. The monoisotopic (exact) mass is 237 g/mol. The van der Waals surface area contributed by atoms with Crippen LogP contribution in [0.15, 0.2) is 11.6 Å². The van der Waals surface area contributed by atoms with E-state index in [1.54, 1.807) is 16.5 Å². The summed E-state index contributed by atoms with van der Waals surface area (Å²) in [5, 5.41) is 1.80. The average molecular weight is 238 g/mol. The van der Waals surface area contributed by atoms with E-state index in [1.165, 1.54) is 11.8 Å². The molecule has 0 spiro atoms. The Labute approximate surface area is 77.1 Å². The maximum Gasteiger partial charge on any atom is 0.237 e. The minimum absolute atomic E-state index is 0.130. The molecule has 1 atom stereocenters. The lowest BCUT2D eigenvalue weighted by Crippen LogP contribution is -2.46. The molecule has 0 aromatic heterocycles. The van der Waals surface area contributed by atoms with Crippen LogP contribution < -0.4 is 11.5 Å². The van der Waals surface area contributed by atoms with Gasteiger partial charge in [0.05, 0.1) is 6.54 Å². The van der Waals surface area contributed by atoms with Crippen LogP contribution in [0.2, 0.25) is 0 Å². The van der Waals surface area contributed by atoms with Gasteiger partial charge in [0, 0.05) is 6.20 Å². The van der Waals surface area contributed by atoms with Crippen LogP contribution >= 0.6 is 27.7 Å². The lowest BCUT2D eigenvalue weighted by atomic mass is 10.5. The Kier molecular flexibility index (Phi) is 2.46. The smallest absolute Gasteiger partial charge is 0.237 e. The first-order valence-corrected chi connectivity index (χ1v) is 4.57. The molecule has 62 valence electrons. The Hall–Kier alpha value is -0.200. The van der Waals surface area contributed by atoms with Crippen molar-refractivity contribution in [3.05, 3.63) is 11.6 Å². The third-order valence-corrected chi connectivity index (χ3v) is 3.03. The summed E-state index contributed by atoms with van der Waals surface area (Å²) in [6.07, 6.45) is 1.73. The Morgan fingerprint density at radius 2 is 2.45 bits per heavy atom. The third-order valence-electron chi connectivity index (χ3n) is 1.19. The third kappa shape index (κ3) is 2.11. The summed E-state index contributed by atoms with van der Waals surface area (Å²) in [7, 11) is 0. The van der Waals surface area contributed by atoms with Gasteiger partial charge in [-0.2, -0.15) is 0 Å². The van der Waals surface area contributed by atoms with E-state index in [1.807, 2.05) is 0 Å². The largest absolute Gasteiger partial charge is 0.368 e. The zero-order valence-corrected chi connectivity index (χ0v) is 8.06. The molecule has 4 nitrogen and oxygen atoms in total. The van der Waals surface area contributed by atoms with Crippen molar-refractivity contribution < 1.29 is 4.79 Å². The van der Waals surface area contributed by atoms with Crippen molar-refractivity contribution in [2.45, 2.75) is 3.90 Å². The molecule has 1 aliphatic heterocycles. The fourth-order valence-corrected chi connectivity index (χ4v) is 1.92. The molecule has 6 heteroatoms. The highest BCUT2D eigenvalue weighted by atomic mass is 79.9. The van der Waals surface area contributed by atoms with Gasteiger partial charge < -0.3 is 10.6 Å². The number of nitrogens with two attached hydrogens (primary N) is 2. The fourth-order valence-electron chi connectivity index (χ4n) is 0.697. The number of primary amides is 1. The van der Waals surface area contributed by atoms with Gasteiger partial charge in [-0.15, -0.1) is 0 Å². The summed E-state index contributed by atoms with van der Waals surface area (Å²) in [5.74, 6) is -0.397. The summed E-state index contributed by atoms with van der Waals surface area (Å²) in [4.78, 5) is 12.1. The van der Waals surface area contributed by atoms with Crippen LogP contribution in [0.5, 0.6) is 0 Å². The Morgan fingerprint density at radius 3 is 2.82 bits per heavy atom. The van der Waals surface area contributed by atoms with Gasteiger partial charge in [0.25, 0.3) is 0 Å². The Morgan fingerprint density at radius 1 is 1.82 bits per heavy atom. The minimum Gasteiger partial charge on any atom is -0.368 e. The number of thioether (sulfide) groups is 1. The van der Waals surface area contributed by atoms with Gasteiger partial charge in [-0.3, -0.25) is 10.5 Å². The van der Waals surface area contributed by atoms with E-state index >= 15 is 0 Å². The normalized spacial score (nSPS) is 29.5. The molecule has 0 saturated heterocycles. The predicted octanol–water partition coefficient (Wildman–Crippen LogP) is -0.0434. The highest BCUT2D eigenvalue weighted by Crippen LogP contribution is 2.36. The van der Waals surface area contributed by atoms with Crippen LogP contribution in [0.4, 0.5) is 0 Å². The lowest BCUT2D eigenvalue weighted by molar-refractivity contribution is -0.118. The number of alkyl halides is 1. The quantitative estimate of drug-likeness (QED) is 0.523. The molecule has 4 N–H and O–H groups in total. The summed E-state index contributed by atoms with van der Waals surface area (Å²) < 4.78 is -0.706. The number of hydrogen-bond donors (Lipinski definition) is 2. The summed E-state index contributed by atoms with van der Waals surface area (Å²) in [5.41, 5.74) is 10.7. The number of hydrogen-bond acceptors (Lipinski definition) is 4. The molecule has 0 saturated carbocycles. The second kappa shape index (κ2) is 3.04. The highest BCUT2D eigenvalue weighted by molar-refractivity contribution is 9.11. The van der Waals surface area contributed by atoms with Crippen molar-refractivity contribution in [1.82, 2.24) is 4.90 Å². The number of carbonyl (C=O) groups excluding carboxylic acids is 1. The molecule has 0 aliphatic carbocycles. The van der Waals surface area contributed by atoms with Crippen molar-refractivity contribution in [3.63, 3.8) is 0 Å². The number of halogens is 1. The van der Waals surface area contributed by atoms with E-state index in [0.29, 0.717) is 0 Å². The molecule has 1 heterocycles. The van der Waals surface area contributed by atoms with Crippen LogP contribution in [0.25, 0.3) is 0 Å². The molecule has 0 aromatic rings. The fraction of sp³-hybridized carbons (Fsp3) is 0.400. The SMILES string of the molecule is NC(=O)CN1C=CSC1(N)Br. The van der Waals surface area contributed by atoms with E-state index in [0.717, 1.165) is 0 Å². The Bertz CT molecular complexity index is 206. The number of nitrogens with zero attached hydrogens (tertiary/aromatic N) is 1. The van der Waals surface area contributed by atoms with E-state index in [2.05, 4.69) is 15.9 Å². The number of rotatable bonds is 2. The predicted molar refractivity (Wildman–Crippen MR) is 48.5 cm³/mol. The maximum absolute atomic E-state index is 10.5. The van der Waals surface area contributed by atoms with E-state index in [4.69, 9.17) is 11.5 Å². The van der Waals surface area contributed by atoms with Gasteiger partial charge in [0.1, 0.15) is 0 Å². The molecular weight excluding hydrogens is 230 g/mol. The highest BCUT2D eigenvalue weighted by Gasteiger charge is 2.31. The molecule has 0 radical (unpaired) electrons. The van der Waals surface area contributed by atoms with Gasteiger partial charge in [0.15, 0.2) is 3.90 Å². The molecule has 1 amide bonds.